The molecule has 10 heteroatoms. The molecule has 25 heavy (non-hydrogen) atoms. The van der Waals surface area contributed by atoms with Crippen molar-refractivity contribution in [1.29, 1.82) is 0 Å². The van der Waals surface area contributed by atoms with Crippen LogP contribution in [-0.4, -0.2) is 61.8 Å². The van der Waals surface area contributed by atoms with Gasteiger partial charge in [0.15, 0.2) is 0 Å². The number of carbonyl (C=O) groups is 2. The zero-order valence-electron chi connectivity index (χ0n) is 14.2. The van der Waals surface area contributed by atoms with E-state index in [-0.39, 0.29) is 19.0 Å². The Morgan fingerprint density at radius 1 is 1.32 bits per heavy atom. The van der Waals surface area contributed by atoms with E-state index in [0.717, 1.165) is 12.8 Å². The zero-order chi connectivity index (χ0) is 18.4. The Morgan fingerprint density at radius 2 is 2.00 bits per heavy atom. The maximum atomic E-state index is 12.6. The summed E-state index contributed by atoms with van der Waals surface area (Å²) >= 11 is 1.18. The second-order valence-electron chi connectivity index (χ2n) is 5.86. The fraction of sp³-hybridized carbons (Fsp3) is 0.600. The number of piperazine rings is 1. The summed E-state index contributed by atoms with van der Waals surface area (Å²) in [7, 11) is -3.50. The molecule has 2 heterocycles. The first-order valence-electron chi connectivity index (χ1n) is 8.24. The van der Waals surface area contributed by atoms with E-state index >= 15 is 0 Å². The number of hydrogen-bond acceptors (Lipinski definition) is 5. The van der Waals surface area contributed by atoms with Crippen LogP contribution in [0.3, 0.4) is 0 Å². The molecule has 1 atom stereocenters. The molecule has 0 aliphatic carbocycles. The van der Waals surface area contributed by atoms with Crippen LogP contribution in [-0.2, 0) is 14.8 Å². The largest absolute Gasteiger partial charge is 0.352 e. The molecule has 2 rings (SSSR count). The van der Waals surface area contributed by atoms with E-state index in [1.165, 1.54) is 15.6 Å². The van der Waals surface area contributed by atoms with Crippen LogP contribution in [0.5, 0.6) is 0 Å². The maximum absolute atomic E-state index is 12.6. The van der Waals surface area contributed by atoms with Crippen LogP contribution in [0.2, 0.25) is 0 Å². The number of hydrogen-bond donors (Lipinski definition) is 2. The number of nitrogens with one attached hydrogen (secondary N) is 1. The van der Waals surface area contributed by atoms with Gasteiger partial charge in [-0.25, -0.2) is 13.2 Å². The van der Waals surface area contributed by atoms with Gasteiger partial charge in [0.05, 0.1) is 0 Å². The van der Waals surface area contributed by atoms with Gasteiger partial charge >= 0.3 is 6.03 Å². The Hall–Kier alpha value is -1.65. The molecule has 1 aliphatic rings. The van der Waals surface area contributed by atoms with E-state index in [2.05, 4.69) is 5.32 Å². The summed E-state index contributed by atoms with van der Waals surface area (Å²) in [6.07, 6.45) is 2.21. The number of rotatable bonds is 7. The number of primary amides is 1. The van der Waals surface area contributed by atoms with Gasteiger partial charge in [0.1, 0.15) is 10.3 Å². The highest BCUT2D eigenvalue weighted by molar-refractivity contribution is 7.91. The third-order valence-electron chi connectivity index (χ3n) is 4.10. The van der Waals surface area contributed by atoms with Crippen molar-refractivity contribution in [2.24, 2.45) is 5.73 Å². The lowest BCUT2D eigenvalue weighted by atomic mass is 10.1. The van der Waals surface area contributed by atoms with E-state index in [0.29, 0.717) is 23.7 Å². The van der Waals surface area contributed by atoms with Crippen LogP contribution in [0.1, 0.15) is 26.2 Å². The number of unbranched alkanes of at least 4 members (excludes halogenated alkanes) is 1. The second kappa shape index (κ2) is 8.63. The molecule has 0 bridgehead atoms. The van der Waals surface area contributed by atoms with Crippen molar-refractivity contribution in [3.05, 3.63) is 17.5 Å². The summed E-state index contributed by atoms with van der Waals surface area (Å²) in [5.74, 6) is -0.208. The summed E-state index contributed by atoms with van der Waals surface area (Å²) in [6, 6.07) is 1.89. The maximum Gasteiger partial charge on any atom is 0.312 e. The normalized spacial score (nSPS) is 17.2. The lowest BCUT2D eigenvalue weighted by molar-refractivity contribution is -0.134. The molecule has 140 valence electrons. The number of urea groups is 1. The van der Waals surface area contributed by atoms with Crippen LogP contribution in [0.4, 0.5) is 4.79 Å². The highest BCUT2D eigenvalue weighted by atomic mass is 32.2. The third-order valence-corrected chi connectivity index (χ3v) is 7.37. The molecule has 1 aromatic heterocycles. The fourth-order valence-electron chi connectivity index (χ4n) is 2.74. The Labute approximate surface area is 152 Å². The number of nitrogens with zero attached hydrogens (tertiary/aromatic N) is 2. The summed E-state index contributed by atoms with van der Waals surface area (Å²) < 4.78 is 26.7. The summed E-state index contributed by atoms with van der Waals surface area (Å²) in [5.41, 5.74) is 5.16. The average molecular weight is 389 g/mol. The van der Waals surface area contributed by atoms with Gasteiger partial charge in [-0.15, -0.1) is 11.3 Å². The first kappa shape index (κ1) is 19.7. The molecule has 0 spiro atoms. The quantitative estimate of drug-likeness (QED) is 0.719. The third kappa shape index (κ3) is 4.93. The van der Waals surface area contributed by atoms with Gasteiger partial charge < -0.3 is 16.0 Å². The molecule has 0 aromatic carbocycles. The molecule has 1 saturated heterocycles. The molecule has 3 N–H and O–H groups in total. The van der Waals surface area contributed by atoms with E-state index in [1.807, 2.05) is 6.92 Å². The standard InChI is InChI=1S/C15H24N4O4S2/c1-2-3-5-12(17-15(16)21)14(20)18-7-9-19(10-8-18)25(22,23)13-6-4-11-24-13/h4,6,11-12H,2-3,5,7-10H2,1H3,(H3,16,17,21)/t12-/m0/s1. The second-order valence-corrected chi connectivity index (χ2v) is 8.98. The Balaban J connectivity index is 1.98. The number of carbonyl (C=O) groups excluding carboxylic acids is 2. The van der Waals surface area contributed by atoms with Crippen LogP contribution in [0.25, 0.3) is 0 Å². The minimum atomic E-state index is -3.50. The number of nitrogens with two attached hydrogens (primary N) is 1. The summed E-state index contributed by atoms with van der Waals surface area (Å²) in [4.78, 5) is 25.3. The van der Waals surface area contributed by atoms with Crippen molar-refractivity contribution in [1.82, 2.24) is 14.5 Å². The number of amides is 3. The van der Waals surface area contributed by atoms with Crippen LogP contribution in [0.15, 0.2) is 21.7 Å². The van der Waals surface area contributed by atoms with E-state index in [9.17, 15) is 18.0 Å². The molecule has 0 radical (unpaired) electrons. The van der Waals surface area contributed by atoms with Gasteiger partial charge in [0.2, 0.25) is 5.91 Å². The minimum absolute atomic E-state index is 0.208. The smallest absolute Gasteiger partial charge is 0.312 e. The summed E-state index contributed by atoms with van der Waals surface area (Å²) in [6.45, 7) is 3.07. The van der Waals surface area contributed by atoms with Gasteiger partial charge in [-0.3, -0.25) is 4.79 Å². The van der Waals surface area contributed by atoms with Gasteiger partial charge in [-0.05, 0) is 17.9 Å². The first-order chi connectivity index (χ1) is 11.9. The van der Waals surface area contributed by atoms with Crippen molar-refractivity contribution in [2.45, 2.75) is 36.4 Å². The summed E-state index contributed by atoms with van der Waals surface area (Å²) in [5, 5.41) is 4.22. The van der Waals surface area contributed by atoms with E-state index < -0.39 is 22.1 Å². The SMILES string of the molecule is CCCC[C@H](NC(N)=O)C(=O)N1CCN(S(=O)(=O)c2cccs2)CC1. The minimum Gasteiger partial charge on any atom is -0.352 e. The van der Waals surface area contributed by atoms with E-state index in [1.54, 1.807) is 22.4 Å². The molecule has 1 aromatic rings. The zero-order valence-corrected chi connectivity index (χ0v) is 15.8. The molecule has 1 aliphatic heterocycles. The average Bonchev–Trinajstić information content (AvgIpc) is 3.13. The molecule has 1 fully saturated rings. The van der Waals surface area contributed by atoms with E-state index in [4.69, 9.17) is 5.73 Å². The highest BCUT2D eigenvalue weighted by Gasteiger charge is 2.33. The van der Waals surface area contributed by atoms with Crippen LogP contribution in [0, 0.1) is 0 Å². The Bertz CT molecular complexity index is 682. The fourth-order valence-corrected chi connectivity index (χ4v) is 5.31. The van der Waals surface area contributed by atoms with Crippen LogP contribution < -0.4 is 11.1 Å². The molecule has 3 amide bonds. The van der Waals surface area contributed by atoms with Crippen molar-refractivity contribution >= 4 is 33.3 Å². The van der Waals surface area contributed by atoms with Gasteiger partial charge in [0, 0.05) is 26.2 Å². The topological polar surface area (TPSA) is 113 Å². The highest BCUT2D eigenvalue weighted by Crippen LogP contribution is 2.22. The molecular weight excluding hydrogens is 364 g/mol. The lowest BCUT2D eigenvalue weighted by Gasteiger charge is -2.35. The first-order valence-corrected chi connectivity index (χ1v) is 10.6. The number of thiophene rings is 1. The number of sulfonamides is 1. The van der Waals surface area contributed by atoms with Gasteiger partial charge in [0.25, 0.3) is 10.0 Å². The van der Waals surface area contributed by atoms with Crippen LogP contribution >= 0.6 is 11.3 Å². The van der Waals surface area contributed by atoms with Gasteiger partial charge in [-0.2, -0.15) is 4.31 Å². The van der Waals surface area contributed by atoms with Crippen molar-refractivity contribution in [2.75, 3.05) is 26.2 Å². The molecule has 8 nitrogen and oxygen atoms in total. The molecular formula is C15H24N4O4S2. The molecule has 0 saturated carbocycles. The lowest BCUT2D eigenvalue weighted by Crippen LogP contribution is -2.56. The van der Waals surface area contributed by atoms with Crippen molar-refractivity contribution in [3.63, 3.8) is 0 Å². The predicted octanol–water partition coefficient (Wildman–Crippen LogP) is 0.808. The Morgan fingerprint density at radius 3 is 2.52 bits per heavy atom. The van der Waals surface area contributed by atoms with Crippen molar-refractivity contribution in [3.8, 4) is 0 Å². The molecule has 0 unspecified atom stereocenters. The van der Waals surface area contributed by atoms with Gasteiger partial charge in [-0.1, -0.05) is 25.8 Å². The monoisotopic (exact) mass is 388 g/mol. The predicted molar refractivity (Wildman–Crippen MR) is 95.7 cm³/mol. The van der Waals surface area contributed by atoms with Crippen molar-refractivity contribution < 1.29 is 18.0 Å². The Kier molecular flexibility index (Phi) is 6.79.